The van der Waals surface area contributed by atoms with Crippen LogP contribution in [0, 0.1) is 0 Å². The summed E-state index contributed by atoms with van der Waals surface area (Å²) in [6.07, 6.45) is 4.43. The number of methoxy groups -OCH3 is 1. The number of carbonyl (C=O) groups is 2. The number of benzene rings is 1. The van der Waals surface area contributed by atoms with E-state index in [0.29, 0.717) is 22.6 Å². The maximum atomic E-state index is 11.8. The standard InChI is InChI=1S/C15H13NO4/c1-10-8-12(6-7-14(10)17)16-20-15(18)11-4-3-5-13(9-11)19-2/h3-9H,1-2H3/b16-12-. The summed E-state index contributed by atoms with van der Waals surface area (Å²) < 4.78 is 5.02. The second-order valence-electron chi connectivity index (χ2n) is 4.15. The molecule has 5 heteroatoms. The van der Waals surface area contributed by atoms with E-state index in [0.717, 1.165) is 0 Å². The third-order valence-electron chi connectivity index (χ3n) is 2.70. The minimum Gasteiger partial charge on any atom is -0.497 e. The first-order valence-electron chi connectivity index (χ1n) is 5.94. The van der Waals surface area contributed by atoms with Crippen molar-refractivity contribution in [2.45, 2.75) is 6.92 Å². The van der Waals surface area contributed by atoms with Crippen molar-refractivity contribution in [2.75, 3.05) is 7.11 Å². The van der Waals surface area contributed by atoms with Gasteiger partial charge in [0.2, 0.25) is 0 Å². The molecule has 0 aliphatic heterocycles. The first-order valence-corrected chi connectivity index (χ1v) is 5.94. The molecule has 1 aromatic rings. The predicted molar refractivity (Wildman–Crippen MR) is 73.7 cm³/mol. The highest BCUT2D eigenvalue weighted by Gasteiger charge is 2.10. The van der Waals surface area contributed by atoms with Gasteiger partial charge < -0.3 is 9.57 Å². The van der Waals surface area contributed by atoms with Crippen LogP contribution in [0.3, 0.4) is 0 Å². The van der Waals surface area contributed by atoms with Crippen LogP contribution in [0.2, 0.25) is 0 Å². The summed E-state index contributed by atoms with van der Waals surface area (Å²) in [5.74, 6) is -0.109. The van der Waals surface area contributed by atoms with E-state index in [1.807, 2.05) is 0 Å². The Balaban J connectivity index is 2.09. The van der Waals surface area contributed by atoms with Gasteiger partial charge in [0.15, 0.2) is 5.78 Å². The highest BCUT2D eigenvalue weighted by atomic mass is 16.7. The largest absolute Gasteiger partial charge is 0.497 e. The van der Waals surface area contributed by atoms with Gasteiger partial charge in [-0.1, -0.05) is 11.2 Å². The molecule has 0 heterocycles. The summed E-state index contributed by atoms with van der Waals surface area (Å²) in [5, 5.41) is 3.71. The molecule has 0 spiro atoms. The third-order valence-corrected chi connectivity index (χ3v) is 2.70. The fourth-order valence-electron chi connectivity index (χ4n) is 1.59. The average Bonchev–Trinajstić information content (AvgIpc) is 2.48. The normalized spacial score (nSPS) is 16.0. The van der Waals surface area contributed by atoms with Gasteiger partial charge in [0.25, 0.3) is 0 Å². The van der Waals surface area contributed by atoms with Gasteiger partial charge in [0.1, 0.15) is 11.5 Å². The Hall–Kier alpha value is -2.69. The van der Waals surface area contributed by atoms with Gasteiger partial charge >= 0.3 is 5.97 Å². The van der Waals surface area contributed by atoms with E-state index in [9.17, 15) is 9.59 Å². The molecule has 0 unspecified atom stereocenters. The molecule has 1 aliphatic carbocycles. The van der Waals surface area contributed by atoms with Crippen LogP contribution in [-0.4, -0.2) is 24.6 Å². The summed E-state index contributed by atoms with van der Waals surface area (Å²) in [6, 6.07) is 6.58. The highest BCUT2D eigenvalue weighted by Crippen LogP contribution is 2.13. The quantitative estimate of drug-likeness (QED) is 0.480. The summed E-state index contributed by atoms with van der Waals surface area (Å²) >= 11 is 0. The van der Waals surface area contributed by atoms with E-state index in [4.69, 9.17) is 9.57 Å². The van der Waals surface area contributed by atoms with Crippen molar-refractivity contribution in [3.63, 3.8) is 0 Å². The van der Waals surface area contributed by atoms with Gasteiger partial charge in [-0.3, -0.25) is 4.79 Å². The van der Waals surface area contributed by atoms with Crippen molar-refractivity contribution in [1.82, 2.24) is 0 Å². The highest BCUT2D eigenvalue weighted by molar-refractivity contribution is 6.18. The van der Waals surface area contributed by atoms with Crippen LogP contribution < -0.4 is 4.74 Å². The number of hydrogen-bond donors (Lipinski definition) is 0. The van der Waals surface area contributed by atoms with E-state index >= 15 is 0 Å². The number of oxime groups is 1. The third kappa shape index (κ3) is 3.20. The Kier molecular flexibility index (Phi) is 4.10. The fourth-order valence-corrected chi connectivity index (χ4v) is 1.59. The van der Waals surface area contributed by atoms with Crippen LogP contribution in [-0.2, 0) is 9.63 Å². The van der Waals surface area contributed by atoms with E-state index in [2.05, 4.69) is 5.16 Å². The Morgan fingerprint density at radius 1 is 1.25 bits per heavy atom. The van der Waals surface area contributed by atoms with Crippen LogP contribution in [0.1, 0.15) is 17.3 Å². The van der Waals surface area contributed by atoms with Gasteiger partial charge in [-0.25, -0.2) is 4.79 Å². The average molecular weight is 271 g/mol. The van der Waals surface area contributed by atoms with Gasteiger partial charge in [-0.15, -0.1) is 0 Å². The number of ether oxygens (including phenoxy) is 1. The maximum absolute atomic E-state index is 11.8. The maximum Gasteiger partial charge on any atom is 0.365 e. The number of carbonyl (C=O) groups excluding carboxylic acids is 2. The molecule has 5 nitrogen and oxygen atoms in total. The summed E-state index contributed by atoms with van der Waals surface area (Å²) in [4.78, 5) is 27.9. The van der Waals surface area contributed by atoms with Crippen molar-refractivity contribution in [1.29, 1.82) is 0 Å². The lowest BCUT2D eigenvalue weighted by Gasteiger charge is -2.04. The molecule has 1 aromatic carbocycles. The summed E-state index contributed by atoms with van der Waals surface area (Å²) in [7, 11) is 1.52. The number of hydrogen-bond acceptors (Lipinski definition) is 5. The Morgan fingerprint density at radius 3 is 2.75 bits per heavy atom. The van der Waals surface area contributed by atoms with E-state index < -0.39 is 5.97 Å². The molecular formula is C15H13NO4. The molecule has 0 saturated carbocycles. The molecule has 0 fully saturated rings. The number of nitrogens with zero attached hydrogens (tertiary/aromatic N) is 1. The molecule has 20 heavy (non-hydrogen) atoms. The van der Waals surface area contributed by atoms with Crippen molar-refractivity contribution < 1.29 is 19.2 Å². The zero-order valence-corrected chi connectivity index (χ0v) is 11.1. The lowest BCUT2D eigenvalue weighted by Crippen LogP contribution is -2.07. The second kappa shape index (κ2) is 5.97. The smallest absolute Gasteiger partial charge is 0.365 e. The van der Waals surface area contributed by atoms with Crippen molar-refractivity contribution >= 4 is 17.5 Å². The van der Waals surface area contributed by atoms with E-state index in [-0.39, 0.29) is 5.78 Å². The van der Waals surface area contributed by atoms with Crippen molar-refractivity contribution in [3.8, 4) is 5.75 Å². The number of ketones is 1. The van der Waals surface area contributed by atoms with E-state index in [1.165, 1.54) is 19.3 Å². The van der Waals surface area contributed by atoms with Crippen LogP contribution in [0.5, 0.6) is 5.75 Å². The molecule has 0 N–H and O–H groups in total. The fraction of sp³-hybridized carbons (Fsp3) is 0.133. The van der Waals surface area contributed by atoms with Gasteiger partial charge in [-0.05, 0) is 48.9 Å². The molecule has 1 aliphatic rings. The second-order valence-corrected chi connectivity index (χ2v) is 4.15. The molecule has 2 rings (SSSR count). The van der Waals surface area contributed by atoms with Gasteiger partial charge in [0.05, 0.1) is 12.7 Å². The number of allylic oxidation sites excluding steroid dienone is 4. The lowest BCUT2D eigenvalue weighted by atomic mass is 10.1. The first kappa shape index (κ1) is 13.7. The topological polar surface area (TPSA) is 65.0 Å². The molecule has 0 atom stereocenters. The number of rotatable bonds is 3. The Labute approximate surface area is 116 Å². The zero-order chi connectivity index (χ0) is 14.5. The summed E-state index contributed by atoms with van der Waals surface area (Å²) in [5.41, 5.74) is 1.30. The molecule has 0 amide bonds. The minimum atomic E-state index is -0.590. The predicted octanol–water partition coefficient (Wildman–Crippen LogP) is 2.29. The molecule has 0 radical (unpaired) electrons. The van der Waals surface area contributed by atoms with Crippen LogP contribution in [0.4, 0.5) is 0 Å². The van der Waals surface area contributed by atoms with Crippen molar-refractivity contribution in [2.24, 2.45) is 5.16 Å². The Morgan fingerprint density at radius 2 is 2.05 bits per heavy atom. The molecular weight excluding hydrogens is 258 g/mol. The van der Waals surface area contributed by atoms with Gasteiger partial charge in [-0.2, -0.15) is 0 Å². The lowest BCUT2D eigenvalue weighted by molar-refractivity contribution is -0.111. The van der Waals surface area contributed by atoms with E-state index in [1.54, 1.807) is 37.3 Å². The summed E-state index contributed by atoms with van der Waals surface area (Å²) in [6.45, 7) is 1.67. The molecule has 0 saturated heterocycles. The van der Waals surface area contributed by atoms with Crippen LogP contribution >= 0.6 is 0 Å². The Bertz CT molecular complexity index is 641. The molecule has 0 aromatic heterocycles. The SMILES string of the molecule is COc1cccc(C(=O)O/N=C2/C=CC(=O)C(C)=C2)c1. The van der Waals surface area contributed by atoms with Crippen molar-refractivity contribution in [3.05, 3.63) is 53.6 Å². The van der Waals surface area contributed by atoms with Crippen LogP contribution in [0.15, 0.2) is 53.2 Å². The first-order chi connectivity index (χ1) is 9.60. The monoisotopic (exact) mass is 271 g/mol. The molecule has 0 bridgehead atoms. The minimum absolute atomic E-state index is 0.0805. The zero-order valence-electron chi connectivity index (χ0n) is 11.1. The molecule has 102 valence electrons. The van der Waals surface area contributed by atoms with Crippen LogP contribution in [0.25, 0.3) is 0 Å². The van der Waals surface area contributed by atoms with Gasteiger partial charge in [0, 0.05) is 0 Å².